The van der Waals surface area contributed by atoms with Gasteiger partial charge >= 0.3 is 0 Å². The van der Waals surface area contributed by atoms with Crippen LogP contribution >= 0.6 is 11.6 Å². The van der Waals surface area contributed by atoms with Crippen LogP contribution in [0.15, 0.2) is 17.5 Å². The molecule has 1 rings (SSSR count). The molecule has 0 saturated carbocycles. The zero-order chi connectivity index (χ0) is 12.8. The first-order chi connectivity index (χ1) is 8.08. The molecule has 0 radical (unpaired) electrons. The predicted molar refractivity (Wildman–Crippen MR) is 67.5 cm³/mol. The second kappa shape index (κ2) is 6.24. The van der Waals surface area contributed by atoms with E-state index in [2.05, 4.69) is 15.1 Å². The highest BCUT2D eigenvalue weighted by atomic mass is 35.5. The molecule has 1 atom stereocenters. The summed E-state index contributed by atoms with van der Waals surface area (Å²) in [4.78, 5) is 10.2. The summed E-state index contributed by atoms with van der Waals surface area (Å²) in [5.74, 6) is 0.686. The monoisotopic (exact) mass is 257 g/mol. The highest BCUT2D eigenvalue weighted by molar-refractivity contribution is 6.30. The second-order valence-corrected chi connectivity index (χ2v) is 4.10. The molecule has 0 aromatic carbocycles. The van der Waals surface area contributed by atoms with Crippen molar-refractivity contribution < 1.29 is 5.21 Å². The van der Waals surface area contributed by atoms with Crippen molar-refractivity contribution >= 4 is 23.4 Å². The summed E-state index contributed by atoms with van der Waals surface area (Å²) in [6, 6.07) is 0. The summed E-state index contributed by atoms with van der Waals surface area (Å²) < 4.78 is 0. The molecule has 0 bridgehead atoms. The zero-order valence-electron chi connectivity index (χ0n) is 9.84. The highest BCUT2D eigenvalue weighted by Crippen LogP contribution is 2.12. The van der Waals surface area contributed by atoms with Crippen molar-refractivity contribution in [2.45, 2.75) is 13.8 Å². The number of nitrogens with zero attached hydrogens (tertiary/aromatic N) is 4. The van der Waals surface area contributed by atoms with Gasteiger partial charge in [-0.1, -0.05) is 23.7 Å². The molecule has 17 heavy (non-hydrogen) atoms. The van der Waals surface area contributed by atoms with Gasteiger partial charge in [-0.3, -0.25) is 0 Å². The minimum atomic E-state index is -0.0840. The third-order valence-electron chi connectivity index (χ3n) is 2.39. The van der Waals surface area contributed by atoms with Gasteiger partial charge in [-0.25, -0.2) is 9.97 Å². The minimum absolute atomic E-state index is 0.0840. The van der Waals surface area contributed by atoms with E-state index >= 15 is 0 Å². The van der Waals surface area contributed by atoms with Crippen LogP contribution in [-0.2, 0) is 0 Å². The molecule has 1 heterocycles. The van der Waals surface area contributed by atoms with E-state index in [-0.39, 0.29) is 11.8 Å². The van der Waals surface area contributed by atoms with Crippen LogP contribution in [0.1, 0.15) is 13.8 Å². The third kappa shape index (κ3) is 3.74. The van der Waals surface area contributed by atoms with E-state index in [1.807, 2.05) is 18.7 Å². The Labute approximate surface area is 105 Å². The van der Waals surface area contributed by atoms with Gasteiger partial charge < -0.3 is 15.8 Å². The summed E-state index contributed by atoms with van der Waals surface area (Å²) in [7, 11) is 0. The lowest BCUT2D eigenvalue weighted by Gasteiger charge is -2.23. The Morgan fingerprint density at radius 3 is 2.65 bits per heavy atom. The van der Waals surface area contributed by atoms with Crippen molar-refractivity contribution in [1.29, 1.82) is 0 Å². The first-order valence-corrected chi connectivity index (χ1v) is 5.66. The van der Waals surface area contributed by atoms with Crippen molar-refractivity contribution in [3.8, 4) is 0 Å². The maximum absolute atomic E-state index is 8.59. The van der Waals surface area contributed by atoms with Crippen LogP contribution in [-0.4, -0.2) is 34.1 Å². The molecular weight excluding hydrogens is 242 g/mol. The van der Waals surface area contributed by atoms with Crippen LogP contribution in [0.25, 0.3) is 0 Å². The number of halogens is 1. The number of anilines is 1. The molecule has 0 aliphatic heterocycles. The number of hydrogen-bond acceptors (Lipinski definition) is 5. The Morgan fingerprint density at radius 2 is 2.18 bits per heavy atom. The molecule has 0 spiro atoms. The van der Waals surface area contributed by atoms with Gasteiger partial charge in [0.2, 0.25) is 5.95 Å². The van der Waals surface area contributed by atoms with Crippen molar-refractivity contribution in [3.63, 3.8) is 0 Å². The van der Waals surface area contributed by atoms with Crippen LogP contribution in [0.2, 0.25) is 5.02 Å². The normalized spacial score (nSPS) is 13.5. The van der Waals surface area contributed by atoms with E-state index in [1.54, 1.807) is 12.4 Å². The zero-order valence-corrected chi connectivity index (χ0v) is 10.6. The lowest BCUT2D eigenvalue weighted by atomic mass is 10.1. The molecule has 6 nitrogen and oxygen atoms in total. The van der Waals surface area contributed by atoms with Crippen LogP contribution < -0.4 is 10.6 Å². The SMILES string of the molecule is CCN(CC(C)C(N)=NO)c1ncc(Cl)cn1. The smallest absolute Gasteiger partial charge is 0.225 e. The topological polar surface area (TPSA) is 87.6 Å². The maximum atomic E-state index is 8.59. The molecule has 0 amide bonds. The molecule has 1 unspecified atom stereocenters. The van der Waals surface area contributed by atoms with Crippen molar-refractivity contribution in [2.24, 2.45) is 16.8 Å². The quantitative estimate of drug-likeness (QED) is 0.360. The van der Waals surface area contributed by atoms with Gasteiger partial charge in [0, 0.05) is 19.0 Å². The number of rotatable bonds is 5. The van der Waals surface area contributed by atoms with Crippen LogP contribution in [0.4, 0.5) is 5.95 Å². The van der Waals surface area contributed by atoms with Gasteiger partial charge in [0.1, 0.15) is 5.84 Å². The van der Waals surface area contributed by atoms with E-state index in [4.69, 9.17) is 22.5 Å². The largest absolute Gasteiger partial charge is 0.409 e. The summed E-state index contributed by atoms with van der Waals surface area (Å²) in [6.07, 6.45) is 3.08. The van der Waals surface area contributed by atoms with Gasteiger partial charge in [-0.15, -0.1) is 0 Å². The fourth-order valence-corrected chi connectivity index (χ4v) is 1.44. The van der Waals surface area contributed by atoms with Gasteiger partial charge in [0.05, 0.1) is 17.4 Å². The van der Waals surface area contributed by atoms with E-state index < -0.39 is 0 Å². The molecule has 94 valence electrons. The second-order valence-electron chi connectivity index (χ2n) is 3.67. The number of oxime groups is 1. The van der Waals surface area contributed by atoms with E-state index in [0.29, 0.717) is 17.5 Å². The molecular formula is C10H16ClN5O. The third-order valence-corrected chi connectivity index (χ3v) is 2.58. The molecule has 0 saturated heterocycles. The van der Waals surface area contributed by atoms with Crippen molar-refractivity contribution in [3.05, 3.63) is 17.4 Å². The summed E-state index contributed by atoms with van der Waals surface area (Å²) in [5, 5.41) is 12.1. The van der Waals surface area contributed by atoms with Crippen LogP contribution in [0.3, 0.4) is 0 Å². The Morgan fingerprint density at radius 1 is 1.59 bits per heavy atom. The van der Waals surface area contributed by atoms with Gasteiger partial charge in [-0.2, -0.15) is 0 Å². The van der Waals surface area contributed by atoms with Gasteiger partial charge in [-0.05, 0) is 6.92 Å². The number of amidine groups is 1. The summed E-state index contributed by atoms with van der Waals surface area (Å²) in [5.41, 5.74) is 5.53. The van der Waals surface area contributed by atoms with Gasteiger partial charge in [0.15, 0.2) is 0 Å². The van der Waals surface area contributed by atoms with Crippen LogP contribution in [0, 0.1) is 5.92 Å². The fraction of sp³-hybridized carbons (Fsp3) is 0.500. The van der Waals surface area contributed by atoms with Gasteiger partial charge in [0.25, 0.3) is 0 Å². The molecule has 1 aromatic rings. The Balaban J connectivity index is 2.75. The first-order valence-electron chi connectivity index (χ1n) is 5.28. The van der Waals surface area contributed by atoms with Crippen molar-refractivity contribution in [2.75, 3.05) is 18.0 Å². The Bertz CT molecular complexity index is 381. The summed E-state index contributed by atoms with van der Waals surface area (Å²) >= 11 is 5.72. The van der Waals surface area contributed by atoms with E-state index in [1.165, 1.54) is 0 Å². The molecule has 7 heteroatoms. The maximum Gasteiger partial charge on any atom is 0.225 e. The summed E-state index contributed by atoms with van der Waals surface area (Å²) in [6.45, 7) is 5.16. The molecule has 0 aliphatic rings. The lowest BCUT2D eigenvalue weighted by molar-refractivity contribution is 0.314. The molecule has 3 N–H and O–H groups in total. The minimum Gasteiger partial charge on any atom is -0.409 e. The molecule has 0 aliphatic carbocycles. The van der Waals surface area contributed by atoms with E-state index in [0.717, 1.165) is 6.54 Å². The average Bonchev–Trinajstić information content (AvgIpc) is 2.35. The van der Waals surface area contributed by atoms with Crippen molar-refractivity contribution in [1.82, 2.24) is 9.97 Å². The Hall–Kier alpha value is -1.56. The first kappa shape index (κ1) is 13.5. The predicted octanol–water partition coefficient (Wildman–Crippen LogP) is 1.34. The Kier molecular flexibility index (Phi) is 4.96. The lowest BCUT2D eigenvalue weighted by Crippen LogP contribution is -2.35. The molecule has 1 aromatic heterocycles. The molecule has 0 fully saturated rings. The average molecular weight is 258 g/mol. The number of aromatic nitrogens is 2. The number of nitrogens with two attached hydrogens (primary N) is 1. The standard InChI is InChI=1S/C10H16ClN5O/c1-3-16(6-7(2)9(12)15-17)10-13-4-8(11)5-14-10/h4-5,7,17H,3,6H2,1-2H3,(H2,12,15). The highest BCUT2D eigenvalue weighted by Gasteiger charge is 2.14. The van der Waals surface area contributed by atoms with E-state index in [9.17, 15) is 0 Å². The van der Waals surface area contributed by atoms with Crippen LogP contribution in [0.5, 0.6) is 0 Å². The number of hydrogen-bond donors (Lipinski definition) is 2. The fourth-order valence-electron chi connectivity index (χ4n) is 1.34.